The summed E-state index contributed by atoms with van der Waals surface area (Å²) in [7, 11) is 8.72. The van der Waals surface area contributed by atoms with Gasteiger partial charge in [-0.2, -0.15) is 0 Å². The van der Waals surface area contributed by atoms with Gasteiger partial charge in [0.05, 0.1) is 31.5 Å². The molecular weight excluding hydrogens is 1330 g/mol. The van der Waals surface area contributed by atoms with Gasteiger partial charge in [0, 0.05) is 99.4 Å². The molecule has 0 bridgehead atoms. The molecule has 14 atom stereocenters. The fraction of sp³-hybridized carbons (Fsp3) is 0.789. The zero-order valence-electron chi connectivity index (χ0n) is 66.8. The molecule has 2 aliphatic heterocycles. The number of fused-ring (bicyclic) bond motifs is 1. The Balaban J connectivity index is 1.86. The average Bonchev–Trinajstić information content (AvgIpc) is 1.03. The second-order valence-electron chi connectivity index (χ2n) is 31.4. The van der Waals surface area contributed by atoms with Crippen LogP contribution in [0.2, 0.25) is 0 Å². The van der Waals surface area contributed by atoms with Gasteiger partial charge >= 0.3 is 0 Å². The highest BCUT2D eigenvalue weighted by atomic mass is 16.5. The lowest BCUT2D eigenvalue weighted by atomic mass is 9.85. The third-order valence-corrected chi connectivity index (χ3v) is 20.9. The number of carbonyl (C=O) groups excluding carboxylic acids is 11. The summed E-state index contributed by atoms with van der Waals surface area (Å²) in [5.41, 5.74) is 1.31. The minimum Gasteiger partial charge on any atom is -0.390 e. The van der Waals surface area contributed by atoms with Gasteiger partial charge in [-0.15, -0.1) is 5.10 Å². The number of aliphatic hydroxyl groups is 1. The van der Waals surface area contributed by atoms with Crippen molar-refractivity contribution in [2.24, 2.45) is 47.3 Å². The molecule has 28 nitrogen and oxygen atoms in total. The number of amides is 9. The monoisotopic (exact) mass is 1460 g/mol. The van der Waals surface area contributed by atoms with E-state index in [1.165, 1.54) is 85.5 Å². The van der Waals surface area contributed by atoms with Crippen molar-refractivity contribution in [1.29, 1.82) is 0 Å². The number of hydrogen-bond donors (Lipinski definition) is 4. The minimum atomic E-state index is -1.71. The predicted octanol–water partition coefficient (Wildman–Crippen LogP) is 5.40. The van der Waals surface area contributed by atoms with E-state index in [1.54, 1.807) is 72.3 Å². The number of aromatic nitrogens is 4. The van der Waals surface area contributed by atoms with Gasteiger partial charge in [-0.3, -0.25) is 57.6 Å². The molecule has 0 spiro atoms. The van der Waals surface area contributed by atoms with Gasteiger partial charge in [-0.1, -0.05) is 108 Å². The van der Waals surface area contributed by atoms with Crippen molar-refractivity contribution in [3.05, 3.63) is 18.3 Å². The van der Waals surface area contributed by atoms with Gasteiger partial charge in [-0.05, 0) is 126 Å². The van der Waals surface area contributed by atoms with E-state index in [-0.39, 0.29) is 62.9 Å². The van der Waals surface area contributed by atoms with Gasteiger partial charge in [0.15, 0.2) is 17.2 Å². The first kappa shape index (κ1) is 89.4. The Hall–Kier alpha value is -7.04. The molecule has 2 fully saturated rings. The second-order valence-corrected chi connectivity index (χ2v) is 31.4. The van der Waals surface area contributed by atoms with Crippen molar-refractivity contribution in [3.8, 4) is 0 Å². The average molecular weight is 1460 g/mol. The summed E-state index contributed by atoms with van der Waals surface area (Å²) in [5, 5.41) is 29.3. The van der Waals surface area contributed by atoms with E-state index in [0.717, 1.165) is 26.1 Å². The van der Waals surface area contributed by atoms with Crippen molar-refractivity contribution in [2.45, 2.75) is 261 Å². The molecule has 0 unspecified atom stereocenters. The summed E-state index contributed by atoms with van der Waals surface area (Å²) < 4.78 is 13.7. The molecule has 28 heteroatoms. The topological polar surface area (TPSA) is 329 Å². The van der Waals surface area contributed by atoms with E-state index in [0.29, 0.717) is 63.0 Å². The number of ether oxygens (including phenoxy) is 2. The number of carbonyl (C=O) groups is 11. The molecule has 2 saturated heterocycles. The number of Topliss-reactive ketones (excluding diaryl/α,β-unsaturated/α-hetero) is 2. The zero-order valence-corrected chi connectivity index (χ0v) is 66.8. The van der Waals surface area contributed by atoms with Crippen LogP contribution in [0.25, 0.3) is 11.2 Å². The number of pyridine rings is 1. The van der Waals surface area contributed by atoms with E-state index in [9.17, 15) is 24.3 Å². The van der Waals surface area contributed by atoms with Crippen molar-refractivity contribution in [1.82, 2.24) is 70.2 Å². The molecule has 0 aromatic carbocycles. The highest BCUT2D eigenvalue weighted by Gasteiger charge is 2.45. The highest BCUT2D eigenvalue weighted by Crippen LogP contribution is 2.28. The number of ketones is 2. The van der Waals surface area contributed by atoms with Crippen LogP contribution in [0.1, 0.15) is 188 Å². The van der Waals surface area contributed by atoms with Gasteiger partial charge in [0.2, 0.25) is 53.2 Å². The Bertz CT molecular complexity index is 3160. The number of unbranched alkanes of at least 4 members (excludes halogenated alkanes) is 3. The lowest BCUT2D eigenvalue weighted by molar-refractivity contribution is -0.154. The molecule has 588 valence electrons. The number of likely N-dealkylation sites (N-methyl/N-ethyl adjacent to an activating group) is 6. The van der Waals surface area contributed by atoms with Crippen LogP contribution in [-0.4, -0.2) is 272 Å². The first-order valence-corrected chi connectivity index (χ1v) is 38.1. The second kappa shape index (κ2) is 42.3. The smallest absolute Gasteiger partial charge is 0.245 e. The fourth-order valence-corrected chi connectivity index (χ4v) is 14.1. The Morgan fingerprint density at radius 2 is 1.12 bits per heavy atom. The lowest BCUT2D eigenvalue weighted by Crippen LogP contribution is -2.63. The number of nitrogens with zero attached hydrogens (tertiary/aromatic N) is 11. The molecule has 4 N–H and O–H groups in total. The van der Waals surface area contributed by atoms with Crippen LogP contribution in [0, 0.1) is 47.3 Å². The van der Waals surface area contributed by atoms with Crippen LogP contribution in [0.15, 0.2) is 18.3 Å². The first-order valence-electron chi connectivity index (χ1n) is 38.1. The molecule has 2 aliphatic rings. The third kappa shape index (κ3) is 25.0. The molecule has 0 aliphatic carbocycles. The Labute approximate surface area is 619 Å². The molecule has 0 saturated carbocycles. The number of morpholine rings is 1. The molecule has 2 aromatic heterocycles. The fourth-order valence-electron chi connectivity index (χ4n) is 14.1. The molecule has 4 rings (SSSR count). The van der Waals surface area contributed by atoms with Crippen molar-refractivity contribution >= 4 is 75.9 Å². The normalized spacial score (nSPS) is 26.2. The van der Waals surface area contributed by atoms with E-state index in [1.807, 2.05) is 47.6 Å². The number of aryl methyl sites for hydroxylation is 1. The number of rotatable bonds is 24. The number of hydrogen-bond acceptors (Lipinski definition) is 18. The Morgan fingerprint density at radius 3 is 1.70 bits per heavy atom. The third-order valence-electron chi connectivity index (χ3n) is 20.9. The lowest BCUT2D eigenvalue weighted by Gasteiger charge is -2.40. The number of aliphatic hydroxyl groups excluding tert-OH is 1. The summed E-state index contributed by atoms with van der Waals surface area (Å²) in [6, 6.07) is -7.86. The maximum atomic E-state index is 15.3. The Morgan fingerprint density at radius 1 is 0.567 bits per heavy atom. The minimum absolute atomic E-state index is 0.0147. The van der Waals surface area contributed by atoms with Crippen LogP contribution < -0.4 is 16.0 Å². The van der Waals surface area contributed by atoms with Crippen LogP contribution in [0.5, 0.6) is 0 Å². The molecule has 4 heterocycles. The summed E-state index contributed by atoms with van der Waals surface area (Å²) in [4.78, 5) is 179. The maximum Gasteiger partial charge on any atom is 0.245 e. The van der Waals surface area contributed by atoms with E-state index in [2.05, 4.69) is 36.1 Å². The van der Waals surface area contributed by atoms with Crippen LogP contribution in [0.3, 0.4) is 0 Å². The van der Waals surface area contributed by atoms with E-state index >= 15 is 33.6 Å². The van der Waals surface area contributed by atoms with Gasteiger partial charge in [0.1, 0.15) is 53.9 Å². The molecule has 0 radical (unpaired) electrons. The maximum absolute atomic E-state index is 15.3. The highest BCUT2D eigenvalue weighted by molar-refractivity contribution is 6.00. The molecule has 9 amide bonds. The number of nitrogens with one attached hydrogen (secondary N) is 3. The summed E-state index contributed by atoms with van der Waals surface area (Å²) >= 11 is 0. The van der Waals surface area contributed by atoms with E-state index < -0.39 is 161 Å². The first-order chi connectivity index (χ1) is 48.8. The SMILES string of the molecule is CC[C@@H]1NC(=O)[C@H]([C@H](O)[C@H](C)CCCCCn2nnc3cccnc32)NC(=O)[C@H](C(C)C)N(C)C(=O)[C@H](CC(C)C)N(C)C(=O)[C@H](CC(C)C)N(C)C(=O)[C@@H](C)NC(=O)[C@H](C)CC(=O)[C@H](CC(C)C)N(C)C(=O)[C@H](C(C)C)CC(=O)[C@H]([C@@H](C)OCCCCN2CCOCC2)N(C)C(=O)[C@@H](C)N(C)C1=O. The molecule has 104 heavy (non-hydrogen) atoms. The van der Waals surface area contributed by atoms with Crippen molar-refractivity contribution in [2.75, 3.05) is 81.7 Å². The molecular formula is C76H130N14O14. The standard InChI is InChI=1S/C76H130N14O14/c1-23-56-74(100)83(17)53(15)72(98)88(22)65(54(16)104-37-28-27-33-89-35-38-103-39-36-89)62(92)44-55(48(8)9)73(99)84(18)58(40-45(2)3)61(91)43-51(13)68(94)78-52(14)71(97)85(19)59(41-46(4)5)75(101)86(20)60(42-47(6)7)76(102)87(21)64(49(10)11)70(96)80-63(69(95)79-56)66(93)50(12)30-25-24-26-34-90-67-57(81-82-90)31-29-32-77-67/h29,31-32,45-56,58-60,63-66,93H,23-28,30,33-44H2,1-22H3,(H,78,94)(H,79,95)(H,80,96)/t50-,51-,52-,53-,54-,55+,56+,58+,59+,60+,63+,64+,65+,66-/m1/s1. The van der Waals surface area contributed by atoms with Crippen LogP contribution in [-0.2, 0) is 68.8 Å². The van der Waals surface area contributed by atoms with Crippen molar-refractivity contribution in [3.63, 3.8) is 0 Å². The Kier molecular flexibility index (Phi) is 36.4. The summed E-state index contributed by atoms with van der Waals surface area (Å²) in [6.45, 7) is 32.5. The van der Waals surface area contributed by atoms with Gasteiger partial charge < -0.3 is 59.9 Å². The quantitative estimate of drug-likeness (QED) is 0.0956. The largest absolute Gasteiger partial charge is 0.390 e. The summed E-state index contributed by atoms with van der Waals surface area (Å²) in [6.07, 6.45) is 2.77. The van der Waals surface area contributed by atoms with Crippen molar-refractivity contribution < 1.29 is 67.3 Å². The van der Waals surface area contributed by atoms with Crippen LogP contribution >= 0.6 is 0 Å². The van der Waals surface area contributed by atoms with E-state index in [4.69, 9.17) is 9.47 Å². The zero-order chi connectivity index (χ0) is 78.3. The van der Waals surface area contributed by atoms with Gasteiger partial charge in [0.25, 0.3) is 0 Å². The predicted molar refractivity (Wildman–Crippen MR) is 398 cm³/mol. The van der Waals surface area contributed by atoms with Gasteiger partial charge in [-0.25, -0.2) is 9.67 Å². The van der Waals surface area contributed by atoms with Crippen LogP contribution in [0.4, 0.5) is 0 Å². The summed E-state index contributed by atoms with van der Waals surface area (Å²) in [5.74, 6) is -11.1. The molecule has 2 aromatic rings.